The first-order valence-electron chi connectivity index (χ1n) is 11.7. The van der Waals surface area contributed by atoms with Crippen LogP contribution in [0.1, 0.15) is 12.2 Å². The molecule has 5 rings (SSSR count). The van der Waals surface area contributed by atoms with Gasteiger partial charge < -0.3 is 14.7 Å². The number of halogens is 3. The number of benzene rings is 1. The highest BCUT2D eigenvalue weighted by molar-refractivity contribution is 7.91. The van der Waals surface area contributed by atoms with E-state index >= 15 is 0 Å². The van der Waals surface area contributed by atoms with Gasteiger partial charge in [0.1, 0.15) is 28.8 Å². The fourth-order valence-corrected chi connectivity index (χ4v) is 6.09. The lowest BCUT2D eigenvalue weighted by molar-refractivity contribution is 0.154. The molecule has 2 atom stereocenters. The Morgan fingerprint density at radius 1 is 1.03 bits per heavy atom. The van der Waals surface area contributed by atoms with Gasteiger partial charge >= 0.3 is 0 Å². The van der Waals surface area contributed by atoms with E-state index < -0.39 is 50.1 Å². The number of pyridine rings is 1. The number of aliphatic hydroxyl groups is 1. The first kappa shape index (κ1) is 26.5. The molecule has 204 valence electrons. The van der Waals surface area contributed by atoms with Gasteiger partial charge in [-0.25, -0.2) is 36.5 Å². The molecule has 11 nitrogen and oxygen atoms in total. The van der Waals surface area contributed by atoms with Gasteiger partial charge in [-0.1, -0.05) is 12.1 Å². The minimum absolute atomic E-state index is 0.0416. The van der Waals surface area contributed by atoms with Gasteiger partial charge in [0.15, 0.2) is 27.3 Å². The molecule has 1 aromatic carbocycles. The van der Waals surface area contributed by atoms with E-state index in [2.05, 4.69) is 25.1 Å². The average Bonchev–Trinajstić information content (AvgIpc) is 3.31. The third-order valence-electron chi connectivity index (χ3n) is 6.17. The molecule has 1 saturated heterocycles. The van der Waals surface area contributed by atoms with Crippen LogP contribution >= 0.6 is 0 Å². The van der Waals surface area contributed by atoms with E-state index in [0.29, 0.717) is 0 Å². The molecule has 4 heterocycles. The Morgan fingerprint density at radius 2 is 1.72 bits per heavy atom. The summed E-state index contributed by atoms with van der Waals surface area (Å²) in [6.45, 7) is -0.0581. The van der Waals surface area contributed by atoms with Crippen molar-refractivity contribution in [1.82, 2.24) is 29.7 Å². The maximum Gasteiger partial charge on any atom is 0.225 e. The van der Waals surface area contributed by atoms with Gasteiger partial charge in [0.2, 0.25) is 11.8 Å². The summed E-state index contributed by atoms with van der Waals surface area (Å²) in [7, 11) is -2.71. The molecule has 15 heteroatoms. The molecule has 0 spiro atoms. The van der Waals surface area contributed by atoms with E-state index in [9.17, 15) is 26.7 Å². The van der Waals surface area contributed by atoms with Crippen molar-refractivity contribution in [2.45, 2.75) is 23.5 Å². The van der Waals surface area contributed by atoms with Crippen molar-refractivity contribution in [3.8, 4) is 23.1 Å². The first-order valence-corrected chi connectivity index (χ1v) is 13.4. The van der Waals surface area contributed by atoms with Crippen LogP contribution in [0.25, 0.3) is 17.2 Å². The molecule has 0 aliphatic carbocycles. The Morgan fingerprint density at radius 3 is 2.41 bits per heavy atom. The molecule has 1 N–H and O–H groups in total. The monoisotopic (exact) mass is 561 g/mol. The molecule has 0 radical (unpaired) electrons. The molecular formula is C24H22F3N7O4S. The van der Waals surface area contributed by atoms with Crippen LogP contribution in [0.2, 0.25) is 0 Å². The lowest BCUT2D eigenvalue weighted by atomic mass is 10.1. The zero-order valence-electron chi connectivity index (χ0n) is 20.4. The zero-order chi connectivity index (χ0) is 27.7. The zero-order valence-corrected chi connectivity index (χ0v) is 21.3. The quantitative estimate of drug-likeness (QED) is 0.357. The summed E-state index contributed by atoms with van der Waals surface area (Å²) in [6, 6.07) is 7.88. The third-order valence-corrected chi connectivity index (χ3v) is 8.19. The van der Waals surface area contributed by atoms with Crippen molar-refractivity contribution in [3.63, 3.8) is 0 Å². The van der Waals surface area contributed by atoms with Crippen molar-refractivity contribution < 1.29 is 31.4 Å². The predicted octanol–water partition coefficient (Wildman–Crippen LogP) is 2.10. The molecule has 3 aromatic heterocycles. The fraction of sp³-hybridized carbons (Fsp3) is 0.292. The summed E-state index contributed by atoms with van der Waals surface area (Å²) in [6.07, 6.45) is 0.719. The van der Waals surface area contributed by atoms with Gasteiger partial charge in [-0.15, -0.1) is 10.2 Å². The van der Waals surface area contributed by atoms with Crippen LogP contribution in [-0.4, -0.2) is 74.8 Å². The normalized spacial score (nSPS) is 17.8. The molecule has 0 amide bonds. The maximum atomic E-state index is 14.9. The predicted molar refractivity (Wildman–Crippen MR) is 132 cm³/mol. The fourth-order valence-electron chi connectivity index (χ4n) is 4.38. The molecule has 4 aromatic rings. The summed E-state index contributed by atoms with van der Waals surface area (Å²) < 4.78 is 76.5. The molecule has 39 heavy (non-hydrogen) atoms. The first-order chi connectivity index (χ1) is 18.7. The Bertz CT molecular complexity index is 1580. The number of aliphatic hydroxyl groups excluding tert-OH is 1. The van der Waals surface area contributed by atoms with E-state index in [1.807, 2.05) is 0 Å². The number of sulfone groups is 1. The van der Waals surface area contributed by atoms with Crippen molar-refractivity contribution in [1.29, 1.82) is 0 Å². The lowest BCUT2D eigenvalue weighted by Gasteiger charge is -2.35. The number of para-hydroxylation sites is 1. The molecule has 0 unspecified atom stereocenters. The Balaban J connectivity index is 1.54. The minimum Gasteiger partial charge on any atom is -0.481 e. The van der Waals surface area contributed by atoms with E-state index in [4.69, 9.17) is 4.74 Å². The van der Waals surface area contributed by atoms with Gasteiger partial charge in [0.25, 0.3) is 0 Å². The number of hydrogen-bond donors (Lipinski definition) is 1. The highest BCUT2D eigenvalue weighted by Crippen LogP contribution is 2.29. The number of methoxy groups -OCH3 is 1. The van der Waals surface area contributed by atoms with Gasteiger partial charge in [-0.05, 0) is 24.6 Å². The van der Waals surface area contributed by atoms with Crippen LogP contribution in [0.3, 0.4) is 0 Å². The molecule has 1 fully saturated rings. The standard InChI is InChI=1S/C24H22F3N7O4S/c1-38-21-7-3-6-19(30-21)23-32-31-20(34(23)22-17(26)4-2-5-18(22)27)13-39(36,37)16-8-15(35)11-33(12-16)24-28-9-14(25)10-29-24/h2-7,9-10,15-16,35H,8,11-13H2,1H3/t15-,16+/m0/s1. The highest BCUT2D eigenvalue weighted by atomic mass is 32.2. The Kier molecular flexibility index (Phi) is 7.18. The molecule has 1 aliphatic rings. The molecule has 1 aliphatic heterocycles. The summed E-state index contributed by atoms with van der Waals surface area (Å²) in [5.74, 6) is -3.47. The molecule has 0 bridgehead atoms. The second-order valence-electron chi connectivity index (χ2n) is 8.84. The van der Waals surface area contributed by atoms with Crippen LogP contribution in [0.4, 0.5) is 19.1 Å². The number of piperidine rings is 1. The van der Waals surface area contributed by atoms with E-state index in [1.165, 1.54) is 24.1 Å². The summed E-state index contributed by atoms with van der Waals surface area (Å²) in [5.41, 5.74) is -0.432. The van der Waals surface area contributed by atoms with Crippen LogP contribution < -0.4 is 9.64 Å². The Hall–Kier alpha value is -4.11. The van der Waals surface area contributed by atoms with Crippen molar-refractivity contribution in [3.05, 3.63) is 72.1 Å². The SMILES string of the molecule is COc1cccc(-c2nnc(CS(=O)(=O)[C@@H]3C[C@H](O)CN(c4ncc(F)cn4)C3)n2-c2c(F)cccc2F)n1. The largest absolute Gasteiger partial charge is 0.481 e. The van der Waals surface area contributed by atoms with Crippen molar-refractivity contribution in [2.24, 2.45) is 0 Å². The number of ether oxygens (including phenoxy) is 1. The van der Waals surface area contributed by atoms with Gasteiger partial charge in [0, 0.05) is 19.2 Å². The van der Waals surface area contributed by atoms with E-state index in [0.717, 1.165) is 29.1 Å². The van der Waals surface area contributed by atoms with Crippen molar-refractivity contribution in [2.75, 3.05) is 25.1 Å². The average molecular weight is 562 g/mol. The smallest absolute Gasteiger partial charge is 0.225 e. The molecular weight excluding hydrogens is 539 g/mol. The third kappa shape index (κ3) is 5.40. The van der Waals surface area contributed by atoms with Crippen LogP contribution in [0.5, 0.6) is 5.88 Å². The topological polar surface area (TPSA) is 136 Å². The van der Waals surface area contributed by atoms with E-state index in [1.54, 1.807) is 12.1 Å². The maximum absolute atomic E-state index is 14.9. The second-order valence-corrected chi connectivity index (χ2v) is 11.1. The molecule has 0 saturated carbocycles. The number of anilines is 1. The van der Waals surface area contributed by atoms with Crippen LogP contribution in [0, 0.1) is 17.5 Å². The van der Waals surface area contributed by atoms with Gasteiger partial charge in [-0.2, -0.15) is 0 Å². The number of aromatic nitrogens is 6. The van der Waals surface area contributed by atoms with E-state index in [-0.39, 0.29) is 48.7 Å². The number of β-amino-alcohol motifs (C(OH)–C–C–N with tert-alkyl or cyclic N) is 1. The minimum atomic E-state index is -4.10. The van der Waals surface area contributed by atoms with Crippen LogP contribution in [-0.2, 0) is 15.6 Å². The number of nitrogens with zero attached hydrogens (tertiary/aromatic N) is 7. The van der Waals surface area contributed by atoms with Gasteiger partial charge in [-0.3, -0.25) is 4.57 Å². The summed E-state index contributed by atoms with van der Waals surface area (Å²) in [4.78, 5) is 13.4. The highest BCUT2D eigenvalue weighted by Gasteiger charge is 2.37. The summed E-state index contributed by atoms with van der Waals surface area (Å²) >= 11 is 0. The summed E-state index contributed by atoms with van der Waals surface area (Å²) in [5, 5.41) is 17.3. The number of hydrogen-bond acceptors (Lipinski definition) is 10. The number of rotatable bonds is 7. The second kappa shape index (κ2) is 10.6. The van der Waals surface area contributed by atoms with Crippen LogP contribution in [0.15, 0.2) is 48.8 Å². The van der Waals surface area contributed by atoms with Gasteiger partial charge in [0.05, 0.1) is 30.9 Å². The Labute approximate surface area is 220 Å². The van der Waals surface area contributed by atoms with Crippen molar-refractivity contribution >= 4 is 15.8 Å². The lowest BCUT2D eigenvalue weighted by Crippen LogP contribution is -2.49.